The maximum atomic E-state index is 11.4. The Kier molecular flexibility index (Phi) is 4.07. The number of hydrogen-bond acceptors (Lipinski definition) is 4. The summed E-state index contributed by atoms with van der Waals surface area (Å²) in [5.74, 6) is 0.689. The second-order valence-electron chi connectivity index (χ2n) is 4.64. The highest BCUT2D eigenvalue weighted by Gasteiger charge is 2.26. The first kappa shape index (κ1) is 12.0. The predicted molar refractivity (Wildman–Crippen MR) is 63.2 cm³/mol. The van der Waals surface area contributed by atoms with Gasteiger partial charge in [0.2, 0.25) is 0 Å². The van der Waals surface area contributed by atoms with E-state index in [0.29, 0.717) is 5.92 Å². The van der Waals surface area contributed by atoms with Crippen LogP contribution in [0.2, 0.25) is 0 Å². The smallest absolute Gasteiger partial charge is 0.308 e. The molecule has 0 radical (unpaired) electrons. The van der Waals surface area contributed by atoms with E-state index in [1.165, 1.54) is 7.11 Å². The average Bonchev–Trinajstić information content (AvgIpc) is 2.40. The maximum absolute atomic E-state index is 11.4. The van der Waals surface area contributed by atoms with E-state index >= 15 is 0 Å². The highest BCUT2D eigenvalue weighted by molar-refractivity contribution is 5.72. The zero-order valence-electron chi connectivity index (χ0n) is 10.1. The number of carbonyl (C=O) groups is 1. The summed E-state index contributed by atoms with van der Waals surface area (Å²) in [6, 6.07) is 0. The predicted octanol–water partition coefficient (Wildman–Crippen LogP) is 2.00. The Hall–Kier alpha value is -1.45. The second kappa shape index (κ2) is 5.75. The lowest BCUT2D eigenvalue weighted by Crippen LogP contribution is -2.23. The molecule has 0 aliphatic heterocycles. The van der Waals surface area contributed by atoms with Crippen LogP contribution in [0.4, 0.5) is 0 Å². The van der Waals surface area contributed by atoms with Crippen LogP contribution in [0.15, 0.2) is 18.6 Å². The molecule has 1 aliphatic rings. The number of rotatable bonds is 3. The first-order chi connectivity index (χ1) is 8.29. The fourth-order valence-corrected chi connectivity index (χ4v) is 2.50. The van der Waals surface area contributed by atoms with Gasteiger partial charge in [0.15, 0.2) is 0 Å². The van der Waals surface area contributed by atoms with E-state index in [9.17, 15) is 4.79 Å². The maximum Gasteiger partial charge on any atom is 0.308 e. The molecule has 0 bridgehead atoms. The van der Waals surface area contributed by atoms with Gasteiger partial charge in [0.1, 0.15) is 0 Å². The lowest BCUT2D eigenvalue weighted by Gasteiger charge is -2.26. The van der Waals surface area contributed by atoms with Crippen molar-refractivity contribution in [3.63, 3.8) is 0 Å². The van der Waals surface area contributed by atoms with Gasteiger partial charge in [0, 0.05) is 18.6 Å². The third kappa shape index (κ3) is 3.25. The summed E-state index contributed by atoms with van der Waals surface area (Å²) in [7, 11) is 1.47. The van der Waals surface area contributed by atoms with Gasteiger partial charge in [-0.1, -0.05) is 0 Å². The van der Waals surface area contributed by atoms with E-state index in [0.717, 1.165) is 37.8 Å². The highest BCUT2D eigenvalue weighted by Crippen LogP contribution is 2.31. The lowest BCUT2D eigenvalue weighted by atomic mass is 9.80. The zero-order valence-corrected chi connectivity index (χ0v) is 10.1. The fraction of sp³-hybridized carbons (Fsp3) is 0.615. The molecule has 0 saturated heterocycles. The zero-order chi connectivity index (χ0) is 12.1. The summed E-state index contributed by atoms with van der Waals surface area (Å²) in [5.41, 5.74) is 1.05. The second-order valence-corrected chi connectivity index (χ2v) is 4.64. The van der Waals surface area contributed by atoms with Crippen molar-refractivity contribution in [2.45, 2.75) is 32.1 Å². The third-order valence-electron chi connectivity index (χ3n) is 3.50. The molecule has 4 heteroatoms. The Labute approximate surface area is 101 Å². The lowest BCUT2D eigenvalue weighted by molar-refractivity contribution is -0.146. The first-order valence-corrected chi connectivity index (χ1v) is 6.12. The van der Waals surface area contributed by atoms with Crippen molar-refractivity contribution in [3.8, 4) is 0 Å². The van der Waals surface area contributed by atoms with E-state index in [1.54, 1.807) is 12.4 Å². The molecule has 0 aromatic carbocycles. The number of esters is 1. The number of methoxy groups -OCH3 is 1. The van der Waals surface area contributed by atoms with Gasteiger partial charge in [0.25, 0.3) is 0 Å². The molecule has 0 amide bonds. The van der Waals surface area contributed by atoms with E-state index < -0.39 is 0 Å². The van der Waals surface area contributed by atoms with Gasteiger partial charge >= 0.3 is 5.97 Å². The fourth-order valence-electron chi connectivity index (χ4n) is 2.50. The largest absolute Gasteiger partial charge is 0.469 e. The van der Waals surface area contributed by atoms with Crippen LogP contribution >= 0.6 is 0 Å². The molecule has 2 rings (SSSR count). The Morgan fingerprint density at radius 3 is 2.71 bits per heavy atom. The summed E-state index contributed by atoms with van der Waals surface area (Å²) >= 11 is 0. The van der Waals surface area contributed by atoms with E-state index in [2.05, 4.69) is 9.97 Å². The molecule has 0 unspecified atom stereocenters. The minimum absolute atomic E-state index is 0.0528. The van der Waals surface area contributed by atoms with Crippen molar-refractivity contribution in [3.05, 3.63) is 24.3 Å². The molecular weight excluding hydrogens is 216 g/mol. The van der Waals surface area contributed by atoms with Gasteiger partial charge in [-0.15, -0.1) is 0 Å². The van der Waals surface area contributed by atoms with Gasteiger partial charge < -0.3 is 4.74 Å². The molecule has 1 aromatic rings. The van der Waals surface area contributed by atoms with Crippen LogP contribution in [0.1, 0.15) is 31.4 Å². The minimum atomic E-state index is -0.0528. The monoisotopic (exact) mass is 234 g/mol. The summed E-state index contributed by atoms with van der Waals surface area (Å²) in [5, 5.41) is 0. The van der Waals surface area contributed by atoms with Crippen molar-refractivity contribution >= 4 is 5.97 Å². The Bertz CT molecular complexity index is 359. The standard InChI is InChI=1S/C13H18N2O2/c1-17-13(16)11-4-2-10(3-5-11)8-12-9-14-6-7-15-12/h6-7,9-11H,2-5,8H2,1H3/t10-,11-. The molecule has 0 atom stereocenters. The molecule has 1 aromatic heterocycles. The number of ether oxygens (including phenoxy) is 1. The van der Waals surface area contributed by atoms with E-state index in [1.807, 2.05) is 6.20 Å². The van der Waals surface area contributed by atoms with Crippen LogP contribution in [0.5, 0.6) is 0 Å². The molecule has 92 valence electrons. The summed E-state index contributed by atoms with van der Waals surface area (Å²) in [6.07, 6.45) is 10.3. The van der Waals surface area contributed by atoms with Crippen LogP contribution in [-0.2, 0) is 16.0 Å². The van der Waals surface area contributed by atoms with Crippen molar-refractivity contribution in [1.82, 2.24) is 9.97 Å². The first-order valence-electron chi connectivity index (χ1n) is 6.12. The van der Waals surface area contributed by atoms with Crippen LogP contribution in [-0.4, -0.2) is 23.0 Å². The van der Waals surface area contributed by atoms with Gasteiger partial charge in [-0.3, -0.25) is 14.8 Å². The molecule has 1 aliphatic carbocycles. The molecule has 1 fully saturated rings. The molecule has 1 heterocycles. The van der Waals surface area contributed by atoms with Crippen LogP contribution in [0, 0.1) is 11.8 Å². The van der Waals surface area contributed by atoms with Gasteiger partial charge in [0.05, 0.1) is 18.7 Å². The summed E-state index contributed by atoms with van der Waals surface area (Å²) < 4.78 is 4.78. The Morgan fingerprint density at radius 2 is 2.12 bits per heavy atom. The molecule has 4 nitrogen and oxygen atoms in total. The summed E-state index contributed by atoms with van der Waals surface area (Å²) in [6.45, 7) is 0. The number of hydrogen-bond donors (Lipinski definition) is 0. The highest BCUT2D eigenvalue weighted by atomic mass is 16.5. The average molecular weight is 234 g/mol. The quantitative estimate of drug-likeness (QED) is 0.751. The van der Waals surface area contributed by atoms with Crippen LogP contribution < -0.4 is 0 Å². The van der Waals surface area contributed by atoms with Crippen molar-refractivity contribution in [1.29, 1.82) is 0 Å². The molecule has 0 spiro atoms. The van der Waals surface area contributed by atoms with Crippen LogP contribution in [0.3, 0.4) is 0 Å². The van der Waals surface area contributed by atoms with E-state index in [4.69, 9.17) is 4.74 Å². The molecular formula is C13H18N2O2. The molecule has 0 N–H and O–H groups in total. The van der Waals surface area contributed by atoms with Gasteiger partial charge in [-0.2, -0.15) is 0 Å². The number of aromatic nitrogens is 2. The topological polar surface area (TPSA) is 52.1 Å². The summed E-state index contributed by atoms with van der Waals surface area (Å²) in [4.78, 5) is 19.7. The van der Waals surface area contributed by atoms with Crippen LogP contribution in [0.25, 0.3) is 0 Å². The minimum Gasteiger partial charge on any atom is -0.469 e. The van der Waals surface area contributed by atoms with Crippen molar-refractivity contribution in [2.24, 2.45) is 11.8 Å². The normalized spacial score (nSPS) is 24.3. The number of carbonyl (C=O) groups excluding carboxylic acids is 1. The SMILES string of the molecule is COC(=O)[C@H]1CC[C@H](Cc2cnccn2)CC1. The van der Waals surface area contributed by atoms with E-state index in [-0.39, 0.29) is 11.9 Å². The van der Waals surface area contributed by atoms with Crippen molar-refractivity contribution < 1.29 is 9.53 Å². The Balaban J connectivity index is 1.82. The van der Waals surface area contributed by atoms with Gasteiger partial charge in [-0.25, -0.2) is 0 Å². The third-order valence-corrected chi connectivity index (χ3v) is 3.50. The Morgan fingerprint density at radius 1 is 1.35 bits per heavy atom. The van der Waals surface area contributed by atoms with Crippen molar-refractivity contribution in [2.75, 3.05) is 7.11 Å². The molecule has 17 heavy (non-hydrogen) atoms. The number of nitrogens with zero attached hydrogens (tertiary/aromatic N) is 2. The van der Waals surface area contributed by atoms with Gasteiger partial charge in [-0.05, 0) is 38.0 Å². The molecule has 1 saturated carbocycles.